The highest BCUT2D eigenvalue weighted by molar-refractivity contribution is 7.89. The molecule has 0 amide bonds. The molecule has 0 spiro atoms. The van der Waals surface area contributed by atoms with Gasteiger partial charge in [0, 0.05) is 6.04 Å². The van der Waals surface area contributed by atoms with Gasteiger partial charge in [-0.05, 0) is 49.6 Å². The van der Waals surface area contributed by atoms with Gasteiger partial charge in [-0.25, -0.2) is 13.1 Å². The summed E-state index contributed by atoms with van der Waals surface area (Å²) in [5.41, 5.74) is 5.74. The number of nitrogens with one attached hydrogen (secondary N) is 1. The van der Waals surface area contributed by atoms with Crippen LogP contribution in [0, 0.1) is 5.92 Å². The average Bonchev–Trinajstić information content (AvgIpc) is 2.47. The van der Waals surface area contributed by atoms with Crippen molar-refractivity contribution in [2.24, 2.45) is 11.7 Å². The van der Waals surface area contributed by atoms with Crippen molar-refractivity contribution in [3.8, 4) is 5.75 Å². The van der Waals surface area contributed by atoms with Crippen LogP contribution in [0.2, 0.25) is 0 Å². The third kappa shape index (κ3) is 3.50. The molecule has 0 bridgehead atoms. The van der Waals surface area contributed by atoms with Crippen LogP contribution >= 0.6 is 0 Å². The molecule has 1 aliphatic carbocycles. The Bertz CT molecular complexity index is 528. The van der Waals surface area contributed by atoms with Crippen LogP contribution in [0.25, 0.3) is 0 Å². The van der Waals surface area contributed by atoms with Crippen molar-refractivity contribution in [1.29, 1.82) is 0 Å². The predicted octanol–water partition coefficient (Wildman–Crippen LogP) is 1.49. The van der Waals surface area contributed by atoms with Gasteiger partial charge in [-0.2, -0.15) is 0 Å². The summed E-state index contributed by atoms with van der Waals surface area (Å²) in [6.07, 6.45) is 4.03. The van der Waals surface area contributed by atoms with E-state index in [9.17, 15) is 8.42 Å². The summed E-state index contributed by atoms with van der Waals surface area (Å²) < 4.78 is 32.6. The fourth-order valence-electron chi connectivity index (χ4n) is 2.67. The Morgan fingerprint density at radius 1 is 1.25 bits per heavy atom. The SMILES string of the molecule is COc1ccc(S(=O)(=O)NC2CCCCC2CN)cc1. The zero-order valence-electron chi connectivity index (χ0n) is 11.7. The fraction of sp³-hybridized carbons (Fsp3) is 0.571. The molecule has 2 rings (SSSR count). The van der Waals surface area contributed by atoms with E-state index in [2.05, 4.69) is 4.72 Å². The molecule has 1 aliphatic rings. The first-order chi connectivity index (χ1) is 9.56. The largest absolute Gasteiger partial charge is 0.497 e. The summed E-state index contributed by atoms with van der Waals surface area (Å²) in [7, 11) is -1.94. The van der Waals surface area contributed by atoms with Gasteiger partial charge in [-0.3, -0.25) is 0 Å². The second-order valence-corrected chi connectivity index (χ2v) is 6.90. The quantitative estimate of drug-likeness (QED) is 0.863. The van der Waals surface area contributed by atoms with Gasteiger partial charge < -0.3 is 10.5 Å². The van der Waals surface area contributed by atoms with Crippen molar-refractivity contribution in [2.75, 3.05) is 13.7 Å². The Morgan fingerprint density at radius 3 is 2.50 bits per heavy atom. The summed E-state index contributed by atoms with van der Waals surface area (Å²) in [6, 6.07) is 6.36. The molecule has 1 fully saturated rings. The molecule has 2 unspecified atom stereocenters. The van der Waals surface area contributed by atoms with Gasteiger partial charge in [0.1, 0.15) is 5.75 Å². The zero-order chi connectivity index (χ0) is 14.6. The number of methoxy groups -OCH3 is 1. The smallest absolute Gasteiger partial charge is 0.240 e. The standard InChI is InChI=1S/C14H22N2O3S/c1-19-12-6-8-13(9-7-12)20(17,18)16-14-5-3-2-4-11(14)10-15/h6-9,11,14,16H,2-5,10,15H2,1H3. The van der Waals surface area contributed by atoms with Crippen LogP contribution in [-0.4, -0.2) is 28.1 Å². The van der Waals surface area contributed by atoms with Crippen LogP contribution in [-0.2, 0) is 10.0 Å². The monoisotopic (exact) mass is 298 g/mol. The first-order valence-electron chi connectivity index (χ1n) is 6.93. The minimum atomic E-state index is -3.49. The zero-order valence-corrected chi connectivity index (χ0v) is 12.5. The van der Waals surface area contributed by atoms with Crippen molar-refractivity contribution in [3.05, 3.63) is 24.3 Å². The van der Waals surface area contributed by atoms with E-state index in [0.717, 1.165) is 25.7 Å². The van der Waals surface area contributed by atoms with Crippen LogP contribution in [0.4, 0.5) is 0 Å². The van der Waals surface area contributed by atoms with Crippen LogP contribution in [0.5, 0.6) is 5.75 Å². The van der Waals surface area contributed by atoms with Crippen molar-refractivity contribution in [3.63, 3.8) is 0 Å². The average molecular weight is 298 g/mol. The van der Waals surface area contributed by atoms with Crippen LogP contribution < -0.4 is 15.2 Å². The maximum absolute atomic E-state index is 12.4. The fourth-order valence-corrected chi connectivity index (χ4v) is 4.01. The molecule has 0 aliphatic heterocycles. The molecule has 0 heterocycles. The molecule has 5 nitrogen and oxygen atoms in total. The molecular formula is C14H22N2O3S. The maximum atomic E-state index is 12.4. The summed E-state index contributed by atoms with van der Waals surface area (Å²) in [6.45, 7) is 0.524. The first kappa shape index (κ1) is 15.3. The Kier molecular flexibility index (Phi) is 5.01. The Labute approximate surface area is 120 Å². The lowest BCUT2D eigenvalue weighted by Gasteiger charge is -2.31. The number of nitrogens with two attached hydrogens (primary N) is 1. The minimum Gasteiger partial charge on any atom is -0.497 e. The highest BCUT2D eigenvalue weighted by Gasteiger charge is 2.28. The highest BCUT2D eigenvalue weighted by Crippen LogP contribution is 2.25. The molecule has 2 atom stereocenters. The van der Waals surface area contributed by atoms with Gasteiger partial charge in [-0.1, -0.05) is 12.8 Å². The predicted molar refractivity (Wildman–Crippen MR) is 78.1 cm³/mol. The summed E-state index contributed by atoms with van der Waals surface area (Å²) in [5, 5.41) is 0. The molecule has 112 valence electrons. The maximum Gasteiger partial charge on any atom is 0.240 e. The molecule has 6 heteroatoms. The summed E-state index contributed by atoms with van der Waals surface area (Å²) in [5.74, 6) is 0.873. The van der Waals surface area contributed by atoms with Crippen molar-refractivity contribution in [2.45, 2.75) is 36.6 Å². The van der Waals surface area contributed by atoms with Crippen molar-refractivity contribution in [1.82, 2.24) is 4.72 Å². The minimum absolute atomic E-state index is 0.0548. The Morgan fingerprint density at radius 2 is 1.90 bits per heavy atom. The van der Waals surface area contributed by atoms with Gasteiger partial charge in [-0.15, -0.1) is 0 Å². The second-order valence-electron chi connectivity index (χ2n) is 5.18. The lowest BCUT2D eigenvalue weighted by Crippen LogP contribution is -2.44. The Balaban J connectivity index is 2.12. The molecular weight excluding hydrogens is 276 g/mol. The third-order valence-corrected chi connectivity index (χ3v) is 5.39. The van der Waals surface area contributed by atoms with Crippen LogP contribution in [0.15, 0.2) is 29.2 Å². The van der Waals surface area contributed by atoms with E-state index >= 15 is 0 Å². The van der Waals surface area contributed by atoms with E-state index in [1.165, 1.54) is 0 Å². The van der Waals surface area contributed by atoms with Crippen molar-refractivity contribution >= 4 is 10.0 Å². The van der Waals surface area contributed by atoms with E-state index < -0.39 is 10.0 Å². The van der Waals surface area contributed by atoms with Gasteiger partial charge in [0.05, 0.1) is 12.0 Å². The van der Waals surface area contributed by atoms with Crippen LogP contribution in [0.3, 0.4) is 0 Å². The van der Waals surface area contributed by atoms with E-state index in [4.69, 9.17) is 10.5 Å². The molecule has 0 radical (unpaired) electrons. The van der Waals surface area contributed by atoms with Gasteiger partial charge in [0.2, 0.25) is 10.0 Å². The van der Waals surface area contributed by atoms with Crippen LogP contribution in [0.1, 0.15) is 25.7 Å². The van der Waals surface area contributed by atoms with Gasteiger partial charge in [0.25, 0.3) is 0 Å². The lowest BCUT2D eigenvalue weighted by molar-refractivity contribution is 0.296. The second kappa shape index (κ2) is 6.56. The molecule has 1 aromatic carbocycles. The number of sulfonamides is 1. The molecule has 0 saturated heterocycles. The summed E-state index contributed by atoms with van der Waals surface area (Å²) >= 11 is 0. The normalized spacial score (nSPS) is 23.5. The van der Waals surface area contributed by atoms with E-state index in [1.54, 1.807) is 31.4 Å². The molecule has 1 saturated carbocycles. The van der Waals surface area contributed by atoms with E-state index in [0.29, 0.717) is 12.3 Å². The number of hydrogen-bond acceptors (Lipinski definition) is 4. The highest BCUT2D eigenvalue weighted by atomic mass is 32.2. The van der Waals surface area contributed by atoms with Gasteiger partial charge in [0.15, 0.2) is 0 Å². The Hall–Kier alpha value is -1.11. The number of ether oxygens (including phenoxy) is 1. The van der Waals surface area contributed by atoms with Gasteiger partial charge >= 0.3 is 0 Å². The lowest BCUT2D eigenvalue weighted by atomic mass is 9.85. The summed E-state index contributed by atoms with van der Waals surface area (Å²) in [4.78, 5) is 0.264. The van der Waals surface area contributed by atoms with E-state index in [-0.39, 0.29) is 16.9 Å². The number of rotatable bonds is 5. The molecule has 0 aromatic heterocycles. The van der Waals surface area contributed by atoms with Crippen molar-refractivity contribution < 1.29 is 13.2 Å². The number of benzene rings is 1. The first-order valence-corrected chi connectivity index (χ1v) is 8.41. The third-order valence-electron chi connectivity index (χ3n) is 3.89. The number of hydrogen-bond donors (Lipinski definition) is 2. The molecule has 20 heavy (non-hydrogen) atoms. The van der Waals surface area contributed by atoms with E-state index in [1.807, 2.05) is 0 Å². The molecule has 3 N–H and O–H groups in total. The molecule has 1 aromatic rings. The topological polar surface area (TPSA) is 81.4 Å².